The van der Waals surface area contributed by atoms with Crippen molar-refractivity contribution in [2.45, 2.75) is 13.0 Å². The van der Waals surface area contributed by atoms with Gasteiger partial charge in [0.25, 0.3) is 5.91 Å². The second-order valence-electron chi connectivity index (χ2n) is 6.82. The normalized spacial score (nSPS) is 15.5. The van der Waals surface area contributed by atoms with Crippen LogP contribution in [-0.2, 0) is 4.74 Å². The summed E-state index contributed by atoms with van der Waals surface area (Å²) in [5.41, 5.74) is 1.48. The SMILES string of the molecule is CCOc1c(Br)cc(C(=O)NCC(c2ccccc2Cl)N2CCOCC2)cc1OC. The number of nitrogens with one attached hydrogen (secondary N) is 1. The van der Waals surface area contributed by atoms with Gasteiger partial charge in [0.05, 0.1) is 37.4 Å². The molecule has 1 atom stereocenters. The van der Waals surface area contributed by atoms with Gasteiger partial charge in [0.15, 0.2) is 11.5 Å². The molecule has 1 aliphatic heterocycles. The molecule has 162 valence electrons. The van der Waals surface area contributed by atoms with E-state index in [1.807, 2.05) is 31.2 Å². The van der Waals surface area contributed by atoms with Crippen LogP contribution < -0.4 is 14.8 Å². The molecule has 1 heterocycles. The van der Waals surface area contributed by atoms with Gasteiger partial charge in [0.2, 0.25) is 0 Å². The summed E-state index contributed by atoms with van der Waals surface area (Å²) in [6.07, 6.45) is 0. The van der Waals surface area contributed by atoms with Crippen molar-refractivity contribution in [1.29, 1.82) is 0 Å². The van der Waals surface area contributed by atoms with Gasteiger partial charge >= 0.3 is 0 Å². The predicted octanol–water partition coefficient (Wildman–Crippen LogP) is 4.31. The van der Waals surface area contributed by atoms with Gasteiger partial charge in [-0.05, 0) is 46.6 Å². The predicted molar refractivity (Wildman–Crippen MR) is 121 cm³/mol. The monoisotopic (exact) mass is 496 g/mol. The molecule has 1 N–H and O–H groups in total. The van der Waals surface area contributed by atoms with Crippen LogP contribution in [0.1, 0.15) is 28.9 Å². The van der Waals surface area contributed by atoms with Crippen molar-refractivity contribution in [2.75, 3.05) is 46.6 Å². The summed E-state index contributed by atoms with van der Waals surface area (Å²) in [4.78, 5) is 15.2. The van der Waals surface area contributed by atoms with E-state index < -0.39 is 0 Å². The zero-order valence-corrected chi connectivity index (χ0v) is 19.5. The second-order valence-corrected chi connectivity index (χ2v) is 8.08. The molecule has 1 unspecified atom stereocenters. The molecule has 2 aromatic rings. The zero-order valence-electron chi connectivity index (χ0n) is 17.1. The van der Waals surface area contributed by atoms with Gasteiger partial charge in [-0.3, -0.25) is 9.69 Å². The van der Waals surface area contributed by atoms with Gasteiger partial charge in [-0.25, -0.2) is 0 Å². The molecule has 2 aromatic carbocycles. The number of hydrogen-bond donors (Lipinski definition) is 1. The summed E-state index contributed by atoms with van der Waals surface area (Å²) in [7, 11) is 1.55. The van der Waals surface area contributed by atoms with Crippen molar-refractivity contribution in [3.8, 4) is 11.5 Å². The Morgan fingerprint density at radius 1 is 1.30 bits per heavy atom. The molecule has 0 aromatic heterocycles. The standard InChI is InChI=1S/C22H26BrClN2O4/c1-3-30-21-17(23)12-15(13-20(21)28-2)22(27)25-14-19(26-8-10-29-11-9-26)16-6-4-5-7-18(16)24/h4-7,12-13,19H,3,8-11,14H2,1-2H3,(H,25,27). The number of morpholine rings is 1. The van der Waals surface area contributed by atoms with E-state index in [9.17, 15) is 4.79 Å². The summed E-state index contributed by atoms with van der Waals surface area (Å²) < 4.78 is 17.2. The van der Waals surface area contributed by atoms with Crippen molar-refractivity contribution < 1.29 is 19.0 Å². The van der Waals surface area contributed by atoms with Crippen LogP contribution in [0.3, 0.4) is 0 Å². The fourth-order valence-corrected chi connectivity index (χ4v) is 4.32. The van der Waals surface area contributed by atoms with Crippen LogP contribution in [0.4, 0.5) is 0 Å². The molecule has 0 radical (unpaired) electrons. The third-order valence-electron chi connectivity index (χ3n) is 4.99. The maximum atomic E-state index is 12.9. The summed E-state index contributed by atoms with van der Waals surface area (Å²) in [6.45, 7) is 5.72. The van der Waals surface area contributed by atoms with Gasteiger partial charge in [0, 0.05) is 30.2 Å². The number of hydrogen-bond acceptors (Lipinski definition) is 5. The van der Waals surface area contributed by atoms with E-state index in [1.54, 1.807) is 19.2 Å². The van der Waals surface area contributed by atoms with Crippen LogP contribution in [0.25, 0.3) is 0 Å². The van der Waals surface area contributed by atoms with Crippen molar-refractivity contribution in [3.05, 3.63) is 57.0 Å². The fourth-order valence-electron chi connectivity index (χ4n) is 3.50. The maximum absolute atomic E-state index is 12.9. The minimum Gasteiger partial charge on any atom is -0.493 e. The topological polar surface area (TPSA) is 60.0 Å². The van der Waals surface area contributed by atoms with Gasteiger partial charge in [-0.2, -0.15) is 0 Å². The largest absolute Gasteiger partial charge is 0.493 e. The van der Waals surface area contributed by atoms with Gasteiger partial charge < -0.3 is 19.5 Å². The van der Waals surface area contributed by atoms with Crippen molar-refractivity contribution in [2.24, 2.45) is 0 Å². The number of rotatable bonds is 8. The van der Waals surface area contributed by atoms with E-state index in [1.165, 1.54) is 0 Å². The Balaban J connectivity index is 1.79. The molecular formula is C22H26BrClN2O4. The molecule has 0 bridgehead atoms. The maximum Gasteiger partial charge on any atom is 0.251 e. The summed E-state index contributed by atoms with van der Waals surface area (Å²) in [6, 6.07) is 11.1. The van der Waals surface area contributed by atoms with Crippen LogP contribution in [0.15, 0.2) is 40.9 Å². The Labute approximate surface area is 190 Å². The molecule has 1 aliphatic rings. The highest BCUT2D eigenvalue weighted by molar-refractivity contribution is 9.10. The number of amides is 1. The fraction of sp³-hybridized carbons (Fsp3) is 0.409. The molecule has 8 heteroatoms. The molecular weight excluding hydrogens is 472 g/mol. The number of nitrogens with zero attached hydrogens (tertiary/aromatic N) is 1. The van der Waals surface area contributed by atoms with Crippen LogP contribution >= 0.6 is 27.5 Å². The molecule has 1 saturated heterocycles. The van der Waals surface area contributed by atoms with Crippen molar-refractivity contribution >= 4 is 33.4 Å². The minimum absolute atomic E-state index is 0.0421. The average molecular weight is 498 g/mol. The van der Waals surface area contributed by atoms with Crippen molar-refractivity contribution in [1.82, 2.24) is 10.2 Å². The lowest BCUT2D eigenvalue weighted by Gasteiger charge is -2.35. The van der Waals surface area contributed by atoms with Gasteiger partial charge in [0.1, 0.15) is 0 Å². The second kappa shape index (κ2) is 11.0. The highest BCUT2D eigenvalue weighted by Gasteiger charge is 2.25. The van der Waals surface area contributed by atoms with Crippen molar-refractivity contribution in [3.63, 3.8) is 0 Å². The number of benzene rings is 2. The first-order valence-electron chi connectivity index (χ1n) is 9.89. The highest BCUT2D eigenvalue weighted by atomic mass is 79.9. The molecule has 0 spiro atoms. The summed E-state index contributed by atoms with van der Waals surface area (Å²) in [5.74, 6) is 0.897. The Morgan fingerprint density at radius 2 is 2.03 bits per heavy atom. The molecule has 0 aliphatic carbocycles. The molecule has 0 saturated carbocycles. The number of ether oxygens (including phenoxy) is 3. The number of carbonyl (C=O) groups is 1. The first-order valence-corrected chi connectivity index (χ1v) is 11.1. The number of methoxy groups -OCH3 is 1. The Morgan fingerprint density at radius 3 is 2.70 bits per heavy atom. The minimum atomic E-state index is -0.192. The molecule has 30 heavy (non-hydrogen) atoms. The smallest absolute Gasteiger partial charge is 0.251 e. The van der Waals surface area contributed by atoms with Crippen LogP contribution in [0.2, 0.25) is 5.02 Å². The van der Waals surface area contributed by atoms with E-state index in [0.717, 1.165) is 18.7 Å². The van der Waals surface area contributed by atoms with Crippen LogP contribution in [0.5, 0.6) is 11.5 Å². The van der Waals surface area contributed by atoms with E-state index in [4.69, 9.17) is 25.8 Å². The first kappa shape index (κ1) is 22.9. The quantitative estimate of drug-likeness (QED) is 0.589. The molecule has 3 rings (SSSR count). The summed E-state index contributed by atoms with van der Waals surface area (Å²) >= 11 is 9.94. The average Bonchev–Trinajstić information content (AvgIpc) is 2.77. The summed E-state index contributed by atoms with van der Waals surface area (Å²) in [5, 5.41) is 3.74. The van der Waals surface area contributed by atoms with Gasteiger partial charge in [-0.15, -0.1) is 0 Å². The molecule has 1 amide bonds. The lowest BCUT2D eigenvalue weighted by Crippen LogP contribution is -2.44. The van der Waals surface area contributed by atoms with E-state index in [-0.39, 0.29) is 11.9 Å². The lowest BCUT2D eigenvalue weighted by molar-refractivity contribution is 0.0162. The Kier molecular flexibility index (Phi) is 8.39. The van der Waals surface area contributed by atoms with E-state index >= 15 is 0 Å². The number of halogens is 2. The van der Waals surface area contributed by atoms with Crippen LogP contribution in [0, 0.1) is 0 Å². The Bertz CT molecular complexity index is 874. The Hall–Kier alpha value is -1.80. The van der Waals surface area contributed by atoms with E-state index in [0.29, 0.717) is 52.9 Å². The lowest BCUT2D eigenvalue weighted by atomic mass is 10.0. The van der Waals surface area contributed by atoms with Gasteiger partial charge in [-0.1, -0.05) is 29.8 Å². The third-order valence-corrected chi connectivity index (χ3v) is 5.92. The molecule has 1 fully saturated rings. The number of carbonyl (C=O) groups excluding carboxylic acids is 1. The highest BCUT2D eigenvalue weighted by Crippen LogP contribution is 2.36. The third kappa shape index (κ3) is 5.46. The van der Waals surface area contributed by atoms with Crippen LogP contribution in [-0.4, -0.2) is 57.4 Å². The molecule has 6 nitrogen and oxygen atoms in total. The first-order chi connectivity index (χ1) is 14.5. The van der Waals surface area contributed by atoms with E-state index in [2.05, 4.69) is 26.1 Å². The zero-order chi connectivity index (χ0) is 21.5.